The number of azo groups is 2. The Hall–Kier alpha value is -3.55. The summed E-state index contributed by atoms with van der Waals surface area (Å²) in [5.41, 5.74) is 1.50. The van der Waals surface area contributed by atoms with E-state index in [-0.39, 0.29) is 0 Å². The van der Waals surface area contributed by atoms with Gasteiger partial charge in [-0.25, -0.2) is 0 Å². The van der Waals surface area contributed by atoms with Crippen molar-refractivity contribution in [3.8, 4) is 5.75 Å². The summed E-state index contributed by atoms with van der Waals surface area (Å²) in [4.78, 5) is 0. The molecule has 0 spiro atoms. The number of hydrogen-bond donors (Lipinski definition) is 0. The van der Waals surface area contributed by atoms with E-state index in [1.807, 2.05) is 24.3 Å². The maximum atomic E-state index is 12.6. The van der Waals surface area contributed by atoms with Gasteiger partial charge in [-0.05, 0) is 79.2 Å². The first-order valence-electron chi connectivity index (χ1n) is 9.78. The number of alkyl halides is 3. The molecule has 5 nitrogen and oxygen atoms in total. The Morgan fingerprint density at radius 2 is 1.03 bits per heavy atom. The second kappa shape index (κ2) is 10.5. The Bertz CT molecular complexity index is 1010. The van der Waals surface area contributed by atoms with Crippen LogP contribution in [0, 0.1) is 0 Å². The molecule has 0 aliphatic heterocycles. The first kappa shape index (κ1) is 22.1. The number of ether oxygens (including phenoxy) is 1. The highest BCUT2D eigenvalue weighted by atomic mass is 19.4. The van der Waals surface area contributed by atoms with E-state index in [1.54, 1.807) is 24.3 Å². The molecule has 0 bridgehead atoms. The molecule has 0 saturated carbocycles. The summed E-state index contributed by atoms with van der Waals surface area (Å²) in [6.07, 6.45) is -2.27. The van der Waals surface area contributed by atoms with Crippen LogP contribution >= 0.6 is 0 Å². The van der Waals surface area contributed by atoms with Crippen molar-refractivity contribution in [1.29, 1.82) is 0 Å². The highest BCUT2D eigenvalue weighted by Gasteiger charge is 2.29. The Balaban J connectivity index is 1.56. The zero-order valence-corrected chi connectivity index (χ0v) is 16.9. The second-order valence-corrected chi connectivity index (χ2v) is 6.66. The summed E-state index contributed by atoms with van der Waals surface area (Å²) in [5, 5.41) is 16.3. The maximum absolute atomic E-state index is 12.6. The predicted octanol–water partition coefficient (Wildman–Crippen LogP) is 8.72. The molecule has 0 fully saturated rings. The van der Waals surface area contributed by atoms with Gasteiger partial charge in [-0.2, -0.15) is 33.6 Å². The first-order chi connectivity index (χ1) is 14.9. The van der Waals surface area contributed by atoms with Gasteiger partial charge in [0, 0.05) is 0 Å². The van der Waals surface area contributed by atoms with Gasteiger partial charge in [-0.1, -0.05) is 13.3 Å². The molecule has 0 unspecified atom stereocenters. The lowest BCUT2D eigenvalue weighted by Gasteiger charge is -2.05. The Morgan fingerprint density at radius 3 is 1.42 bits per heavy atom. The average molecular weight is 426 g/mol. The molecule has 31 heavy (non-hydrogen) atoms. The van der Waals surface area contributed by atoms with Gasteiger partial charge >= 0.3 is 6.18 Å². The van der Waals surface area contributed by atoms with Gasteiger partial charge in [0.1, 0.15) is 5.75 Å². The molecule has 3 aromatic carbocycles. The van der Waals surface area contributed by atoms with Crippen LogP contribution < -0.4 is 4.74 Å². The largest absolute Gasteiger partial charge is 0.494 e. The molecule has 160 valence electrons. The highest BCUT2D eigenvalue weighted by Crippen LogP contribution is 2.31. The normalized spacial score (nSPS) is 12.0. The second-order valence-electron chi connectivity index (χ2n) is 6.66. The molecule has 0 aliphatic rings. The highest BCUT2D eigenvalue weighted by molar-refractivity contribution is 5.48. The number of nitrogens with zero attached hydrogens (tertiary/aromatic N) is 4. The van der Waals surface area contributed by atoms with E-state index in [0.717, 1.165) is 30.7 Å². The summed E-state index contributed by atoms with van der Waals surface area (Å²) in [6, 6.07) is 18.7. The maximum Gasteiger partial charge on any atom is 0.416 e. The van der Waals surface area contributed by atoms with Crippen molar-refractivity contribution in [2.75, 3.05) is 6.61 Å². The number of hydrogen-bond acceptors (Lipinski definition) is 5. The fourth-order valence-electron chi connectivity index (χ4n) is 2.48. The van der Waals surface area contributed by atoms with Gasteiger partial charge in [0.05, 0.1) is 34.9 Å². The minimum absolute atomic E-state index is 0.332. The van der Waals surface area contributed by atoms with E-state index in [0.29, 0.717) is 29.4 Å². The lowest BCUT2D eigenvalue weighted by atomic mass is 10.2. The number of halogens is 3. The predicted molar refractivity (Wildman–Crippen MR) is 113 cm³/mol. The van der Waals surface area contributed by atoms with E-state index < -0.39 is 11.7 Å². The van der Waals surface area contributed by atoms with Gasteiger partial charge in [-0.3, -0.25) is 0 Å². The molecule has 0 amide bonds. The van der Waals surface area contributed by atoms with Crippen LogP contribution in [0.1, 0.15) is 25.3 Å². The molecule has 0 saturated heterocycles. The molecule has 3 rings (SSSR count). The summed E-state index contributed by atoms with van der Waals surface area (Å²) in [6.45, 7) is 2.81. The number of rotatable bonds is 8. The molecule has 0 atom stereocenters. The monoisotopic (exact) mass is 426 g/mol. The summed E-state index contributed by atoms with van der Waals surface area (Å²) in [5.74, 6) is 0.801. The van der Waals surface area contributed by atoms with Crippen molar-refractivity contribution in [3.05, 3.63) is 78.4 Å². The van der Waals surface area contributed by atoms with Crippen LogP contribution in [-0.2, 0) is 6.18 Å². The summed E-state index contributed by atoms with van der Waals surface area (Å²) >= 11 is 0. The molecule has 3 aromatic rings. The van der Waals surface area contributed by atoms with Crippen LogP contribution in [0.3, 0.4) is 0 Å². The number of benzene rings is 3. The molecule has 0 aromatic heterocycles. The fraction of sp³-hybridized carbons (Fsp3) is 0.217. The van der Waals surface area contributed by atoms with Crippen LogP contribution in [0.4, 0.5) is 35.9 Å². The Morgan fingerprint density at radius 1 is 0.645 bits per heavy atom. The van der Waals surface area contributed by atoms with E-state index in [9.17, 15) is 13.2 Å². The summed E-state index contributed by atoms with van der Waals surface area (Å²) < 4.78 is 43.3. The molecular weight excluding hydrogens is 405 g/mol. The third kappa shape index (κ3) is 7.02. The Kier molecular flexibility index (Phi) is 7.48. The van der Waals surface area contributed by atoms with Crippen molar-refractivity contribution in [2.24, 2.45) is 20.5 Å². The van der Waals surface area contributed by atoms with Crippen LogP contribution in [0.25, 0.3) is 0 Å². The molecule has 0 heterocycles. The van der Waals surface area contributed by atoms with Gasteiger partial charge in [0.15, 0.2) is 0 Å². The lowest BCUT2D eigenvalue weighted by Crippen LogP contribution is -2.03. The third-order valence-electron chi connectivity index (χ3n) is 4.21. The van der Waals surface area contributed by atoms with Gasteiger partial charge in [-0.15, -0.1) is 0 Å². The van der Waals surface area contributed by atoms with Crippen molar-refractivity contribution >= 4 is 22.7 Å². The van der Waals surface area contributed by atoms with Gasteiger partial charge < -0.3 is 4.74 Å². The van der Waals surface area contributed by atoms with Crippen LogP contribution in [-0.4, -0.2) is 6.61 Å². The zero-order valence-electron chi connectivity index (χ0n) is 16.9. The van der Waals surface area contributed by atoms with Crippen molar-refractivity contribution in [2.45, 2.75) is 25.9 Å². The minimum Gasteiger partial charge on any atom is -0.494 e. The molecule has 0 aliphatic carbocycles. The first-order valence-corrected chi connectivity index (χ1v) is 9.78. The molecule has 8 heteroatoms. The van der Waals surface area contributed by atoms with Crippen LogP contribution in [0.5, 0.6) is 5.75 Å². The van der Waals surface area contributed by atoms with E-state index in [1.165, 1.54) is 12.1 Å². The Labute approximate surface area is 178 Å². The van der Waals surface area contributed by atoms with E-state index >= 15 is 0 Å². The van der Waals surface area contributed by atoms with Gasteiger partial charge in [0.25, 0.3) is 0 Å². The van der Waals surface area contributed by atoms with Crippen LogP contribution in [0.2, 0.25) is 0 Å². The topological polar surface area (TPSA) is 58.7 Å². The van der Waals surface area contributed by atoms with Crippen molar-refractivity contribution < 1.29 is 17.9 Å². The van der Waals surface area contributed by atoms with Crippen molar-refractivity contribution in [1.82, 2.24) is 0 Å². The SMILES string of the molecule is CCCCOc1ccc(N=Nc2ccc(N=Nc3ccc(C(F)(F)F)cc3)cc2)cc1. The molecule has 0 N–H and O–H groups in total. The fourth-order valence-corrected chi connectivity index (χ4v) is 2.48. The van der Waals surface area contributed by atoms with E-state index in [2.05, 4.69) is 27.4 Å². The quantitative estimate of drug-likeness (QED) is 0.262. The third-order valence-corrected chi connectivity index (χ3v) is 4.21. The standard InChI is InChI=1S/C23H21F3N4O/c1-2-3-16-31-22-14-12-21(13-15-22)30-29-20-10-8-19(9-11-20)28-27-18-6-4-17(5-7-18)23(24,25)26/h4-15H,2-3,16H2,1H3. The minimum atomic E-state index is -4.37. The summed E-state index contributed by atoms with van der Waals surface area (Å²) in [7, 11) is 0. The zero-order chi connectivity index (χ0) is 22.1. The molecular formula is C23H21F3N4O. The number of unbranched alkanes of at least 4 members (excludes halogenated alkanes) is 1. The average Bonchev–Trinajstić information content (AvgIpc) is 2.78. The molecule has 0 radical (unpaired) electrons. The van der Waals surface area contributed by atoms with Crippen LogP contribution in [0.15, 0.2) is 93.3 Å². The lowest BCUT2D eigenvalue weighted by molar-refractivity contribution is -0.137. The smallest absolute Gasteiger partial charge is 0.416 e. The van der Waals surface area contributed by atoms with Crippen molar-refractivity contribution in [3.63, 3.8) is 0 Å². The van der Waals surface area contributed by atoms with E-state index in [4.69, 9.17) is 4.74 Å². The van der Waals surface area contributed by atoms with Gasteiger partial charge in [0.2, 0.25) is 0 Å².